The molecule has 5 aromatic rings. The van der Waals surface area contributed by atoms with Gasteiger partial charge in [-0.3, -0.25) is 10.1 Å². The number of hydrogen-bond acceptors (Lipinski definition) is 7. The van der Waals surface area contributed by atoms with Crippen molar-refractivity contribution in [2.45, 2.75) is 13.0 Å². The number of non-ortho nitro benzene ring substituents is 1. The molecule has 0 saturated carbocycles. The second-order valence-electron chi connectivity index (χ2n) is 9.57. The summed E-state index contributed by atoms with van der Waals surface area (Å²) < 4.78 is 1.83. The van der Waals surface area contributed by atoms with Crippen molar-refractivity contribution < 1.29 is 4.92 Å². The Balaban J connectivity index is 1.51. The minimum atomic E-state index is -0.441. The van der Waals surface area contributed by atoms with Crippen molar-refractivity contribution in [2.24, 2.45) is 9.98 Å². The van der Waals surface area contributed by atoms with Gasteiger partial charge in [0, 0.05) is 23.4 Å². The van der Waals surface area contributed by atoms with E-state index in [9.17, 15) is 10.1 Å². The highest BCUT2D eigenvalue weighted by Gasteiger charge is 2.41. The van der Waals surface area contributed by atoms with Crippen LogP contribution in [-0.4, -0.2) is 26.4 Å². The Kier molecular flexibility index (Phi) is 5.48. The van der Waals surface area contributed by atoms with Crippen LogP contribution in [0.1, 0.15) is 22.9 Å². The number of amidine groups is 2. The maximum absolute atomic E-state index is 11.8. The number of nitro groups is 1. The van der Waals surface area contributed by atoms with Crippen LogP contribution in [0.5, 0.6) is 0 Å². The summed E-state index contributed by atoms with van der Waals surface area (Å²) in [6, 6.07) is 33.9. The fourth-order valence-electron chi connectivity index (χ4n) is 5.33. The summed E-state index contributed by atoms with van der Waals surface area (Å²) >= 11 is 0. The van der Waals surface area contributed by atoms with Gasteiger partial charge < -0.3 is 10.2 Å². The molecule has 0 radical (unpaired) electrons. The average molecular weight is 526 g/mol. The van der Waals surface area contributed by atoms with Gasteiger partial charge in [-0.25, -0.2) is 14.7 Å². The van der Waals surface area contributed by atoms with Crippen LogP contribution >= 0.6 is 0 Å². The molecule has 0 bridgehead atoms. The minimum absolute atomic E-state index is 0.0258. The zero-order valence-corrected chi connectivity index (χ0v) is 21.5. The van der Waals surface area contributed by atoms with Gasteiger partial charge in [-0.05, 0) is 48.9 Å². The van der Waals surface area contributed by atoms with E-state index in [0.29, 0.717) is 17.5 Å². The number of aryl methyl sites for hydroxylation is 1. The Bertz CT molecular complexity index is 1830. The van der Waals surface area contributed by atoms with E-state index in [1.807, 2.05) is 103 Å². The fourth-order valence-corrected chi connectivity index (χ4v) is 5.33. The van der Waals surface area contributed by atoms with Crippen LogP contribution < -0.4 is 10.2 Å². The van der Waals surface area contributed by atoms with Gasteiger partial charge in [0.25, 0.3) is 5.69 Å². The van der Waals surface area contributed by atoms with Gasteiger partial charge in [0.15, 0.2) is 17.5 Å². The summed E-state index contributed by atoms with van der Waals surface area (Å²) in [7, 11) is 0. The van der Waals surface area contributed by atoms with Gasteiger partial charge in [0.05, 0.1) is 33.7 Å². The molecule has 2 aliphatic heterocycles. The zero-order valence-electron chi connectivity index (χ0n) is 21.5. The second kappa shape index (κ2) is 9.32. The van der Waals surface area contributed by atoms with Crippen LogP contribution in [0, 0.1) is 17.0 Å². The lowest BCUT2D eigenvalue weighted by atomic mass is 9.93. The Morgan fingerprint density at radius 3 is 2.35 bits per heavy atom. The van der Waals surface area contributed by atoms with Crippen molar-refractivity contribution in [2.75, 3.05) is 10.2 Å². The topological polar surface area (TPSA) is 101 Å². The average Bonchev–Trinajstić information content (AvgIpc) is 3.33. The Morgan fingerprint density at radius 1 is 0.850 bits per heavy atom. The first-order chi connectivity index (χ1) is 19.6. The number of nitrogens with zero attached hydrogens (tertiary/aromatic N) is 6. The molecule has 0 unspecified atom stereocenters. The number of aliphatic imine (C=N–C) groups is 2. The van der Waals surface area contributed by atoms with Crippen molar-refractivity contribution in [3.8, 4) is 5.69 Å². The third-order valence-corrected chi connectivity index (χ3v) is 7.07. The summed E-state index contributed by atoms with van der Waals surface area (Å²) in [6.45, 7) is 1.95. The van der Waals surface area contributed by atoms with E-state index in [-0.39, 0.29) is 10.6 Å². The van der Waals surface area contributed by atoms with Crippen molar-refractivity contribution in [3.63, 3.8) is 0 Å². The summed E-state index contributed by atoms with van der Waals surface area (Å²) in [5.41, 5.74) is 5.81. The van der Waals surface area contributed by atoms with Crippen LogP contribution in [0.15, 0.2) is 119 Å². The smallest absolute Gasteiger partial charge is 0.269 e. The lowest BCUT2D eigenvalue weighted by Gasteiger charge is -2.40. The molecule has 0 fully saturated rings. The van der Waals surface area contributed by atoms with E-state index >= 15 is 0 Å². The van der Waals surface area contributed by atoms with Gasteiger partial charge in [0.2, 0.25) is 0 Å². The molecule has 2 aliphatic rings. The molecule has 1 atom stereocenters. The van der Waals surface area contributed by atoms with Crippen LogP contribution in [0.25, 0.3) is 5.69 Å². The molecule has 3 heterocycles. The molecular weight excluding hydrogens is 502 g/mol. The summed E-state index contributed by atoms with van der Waals surface area (Å²) in [4.78, 5) is 23.7. The standard InChI is InChI=1S/C31H23N7O2/c1-20-27-28(21-11-10-16-24(19-21)38(39)40)36-26-18-9-8-17-25(26)33-29(32-22-12-4-2-5-13-22)31(36)34-30(27)37(35-20)23-14-6-3-7-15-23/h2-19,28H,1H3,(H,32,33)/t28-/m1/s1. The largest absolute Gasteiger partial charge is 0.337 e. The molecule has 4 aromatic carbocycles. The van der Waals surface area contributed by atoms with E-state index in [1.54, 1.807) is 12.1 Å². The molecule has 0 amide bonds. The summed E-state index contributed by atoms with van der Waals surface area (Å²) in [6.07, 6.45) is 0. The second-order valence-corrected chi connectivity index (χ2v) is 9.57. The molecule has 0 spiro atoms. The van der Waals surface area contributed by atoms with Crippen molar-refractivity contribution in [1.82, 2.24) is 9.78 Å². The monoisotopic (exact) mass is 525 g/mol. The number of aromatic nitrogens is 2. The van der Waals surface area contributed by atoms with Crippen molar-refractivity contribution in [1.29, 1.82) is 0 Å². The molecule has 9 heteroatoms. The quantitative estimate of drug-likeness (QED) is 0.204. The molecule has 0 saturated heterocycles. The van der Waals surface area contributed by atoms with Crippen LogP contribution in [-0.2, 0) is 0 Å². The number of nitro benzene ring substituents is 1. The number of hydrogen-bond donors (Lipinski definition) is 1. The Labute approximate surface area is 229 Å². The number of fused-ring (bicyclic) bond motifs is 4. The predicted octanol–water partition coefficient (Wildman–Crippen LogP) is 6.88. The molecule has 40 heavy (non-hydrogen) atoms. The third-order valence-electron chi connectivity index (χ3n) is 7.07. The Hall–Kier alpha value is -5.57. The molecular formula is C31H23N7O2. The maximum atomic E-state index is 11.8. The number of para-hydroxylation sites is 4. The van der Waals surface area contributed by atoms with Gasteiger partial charge in [0.1, 0.15) is 0 Å². The van der Waals surface area contributed by atoms with E-state index in [2.05, 4.69) is 10.2 Å². The van der Waals surface area contributed by atoms with Crippen molar-refractivity contribution in [3.05, 3.63) is 136 Å². The number of rotatable bonds is 4. The molecule has 7 rings (SSSR count). The number of anilines is 2. The van der Waals surface area contributed by atoms with Gasteiger partial charge in [-0.1, -0.05) is 60.7 Å². The minimum Gasteiger partial charge on any atom is -0.337 e. The lowest BCUT2D eigenvalue weighted by Crippen LogP contribution is -2.46. The van der Waals surface area contributed by atoms with Crippen LogP contribution in [0.3, 0.4) is 0 Å². The van der Waals surface area contributed by atoms with E-state index in [4.69, 9.17) is 15.1 Å². The predicted molar refractivity (Wildman–Crippen MR) is 156 cm³/mol. The van der Waals surface area contributed by atoms with E-state index in [1.165, 1.54) is 6.07 Å². The highest BCUT2D eigenvalue weighted by Crippen LogP contribution is 2.48. The van der Waals surface area contributed by atoms with E-state index in [0.717, 1.165) is 39.6 Å². The molecule has 1 N–H and O–H groups in total. The highest BCUT2D eigenvalue weighted by molar-refractivity contribution is 6.51. The normalized spacial score (nSPS) is 15.3. The van der Waals surface area contributed by atoms with Crippen LogP contribution in [0.4, 0.5) is 28.6 Å². The Morgan fingerprint density at radius 2 is 1.57 bits per heavy atom. The van der Waals surface area contributed by atoms with Gasteiger partial charge in [-0.2, -0.15) is 5.10 Å². The number of nitrogens with one attached hydrogen (secondary N) is 1. The first-order valence-corrected chi connectivity index (χ1v) is 12.9. The van der Waals surface area contributed by atoms with Crippen molar-refractivity contribution >= 4 is 40.2 Å². The zero-order chi connectivity index (χ0) is 27.2. The lowest BCUT2D eigenvalue weighted by molar-refractivity contribution is -0.384. The SMILES string of the molecule is Cc1nn(-c2ccccc2)c2c1[C@@H](c1cccc([N+](=O)[O-])c1)N1C(=N2)C(Nc2ccccc2)=Nc2ccccc21. The highest BCUT2D eigenvalue weighted by atomic mass is 16.6. The summed E-state index contributed by atoms with van der Waals surface area (Å²) in [5, 5.41) is 20.2. The first kappa shape index (κ1) is 23.5. The van der Waals surface area contributed by atoms with Gasteiger partial charge >= 0.3 is 0 Å². The van der Waals surface area contributed by atoms with Gasteiger partial charge in [-0.15, -0.1) is 0 Å². The maximum Gasteiger partial charge on any atom is 0.269 e. The van der Waals surface area contributed by atoms with Crippen LogP contribution in [0.2, 0.25) is 0 Å². The molecule has 9 nitrogen and oxygen atoms in total. The molecule has 0 aliphatic carbocycles. The third kappa shape index (κ3) is 3.83. The molecule has 1 aromatic heterocycles. The fraction of sp³-hybridized carbons (Fsp3) is 0.0645. The molecule has 194 valence electrons. The first-order valence-electron chi connectivity index (χ1n) is 12.9. The summed E-state index contributed by atoms with van der Waals surface area (Å²) in [5.74, 6) is 1.83. The number of benzene rings is 4. The van der Waals surface area contributed by atoms with E-state index < -0.39 is 6.04 Å².